The Morgan fingerprint density at radius 3 is 2.08 bits per heavy atom. The molecule has 12 heteroatoms. The van der Waals surface area contributed by atoms with Crippen molar-refractivity contribution in [3.8, 4) is 33.6 Å². The Balaban J connectivity index is 1.04. The summed E-state index contributed by atoms with van der Waals surface area (Å²) in [7, 11) is 0. The van der Waals surface area contributed by atoms with Crippen molar-refractivity contribution in [3.05, 3.63) is 84.7 Å². The van der Waals surface area contributed by atoms with Gasteiger partial charge in [-0.3, -0.25) is 14.6 Å². The molecule has 0 bridgehead atoms. The molecule has 2 saturated heterocycles. The van der Waals surface area contributed by atoms with Crippen LogP contribution in [-0.4, -0.2) is 78.2 Å². The second-order valence-corrected chi connectivity index (χ2v) is 14.5. The summed E-state index contributed by atoms with van der Waals surface area (Å²) in [5.74, 6) is 1.27. The van der Waals surface area contributed by atoms with Crippen molar-refractivity contribution in [3.63, 3.8) is 0 Å². The predicted molar refractivity (Wildman–Crippen MR) is 194 cm³/mol. The summed E-state index contributed by atoms with van der Waals surface area (Å²) in [6.45, 7) is 8.52. The van der Waals surface area contributed by atoms with E-state index in [9.17, 15) is 19.5 Å². The summed E-state index contributed by atoms with van der Waals surface area (Å²) < 4.78 is 5.64. The summed E-state index contributed by atoms with van der Waals surface area (Å²) in [6, 6.07) is 20.4. The van der Waals surface area contributed by atoms with Crippen LogP contribution in [-0.2, 0) is 9.53 Å². The lowest BCUT2D eigenvalue weighted by atomic mass is 9.98. The Labute approximate surface area is 296 Å². The van der Waals surface area contributed by atoms with Gasteiger partial charge in [0.1, 0.15) is 17.2 Å². The first-order valence-electron chi connectivity index (χ1n) is 17.4. The van der Waals surface area contributed by atoms with E-state index in [0.717, 1.165) is 63.1 Å². The largest absolute Gasteiger partial charge is 0.465 e. The molecule has 3 amide bonds. The summed E-state index contributed by atoms with van der Waals surface area (Å²) in [4.78, 5) is 55.3. The number of H-pyrrole nitrogens is 2. The lowest BCUT2D eigenvalue weighted by Gasteiger charge is -2.27. The van der Waals surface area contributed by atoms with E-state index >= 15 is 0 Å². The highest BCUT2D eigenvalue weighted by Gasteiger charge is 2.38. The van der Waals surface area contributed by atoms with E-state index in [-0.39, 0.29) is 24.0 Å². The molecule has 4 N–H and O–H groups in total. The molecule has 51 heavy (non-hydrogen) atoms. The molecular weight excluding hydrogens is 646 g/mol. The number of fused-ring (bicyclic) bond motifs is 1. The van der Waals surface area contributed by atoms with Crippen LogP contribution >= 0.6 is 0 Å². The molecule has 2 aromatic heterocycles. The normalized spacial score (nSPS) is 19.1. The smallest absolute Gasteiger partial charge is 0.410 e. The topological polar surface area (TPSA) is 157 Å². The van der Waals surface area contributed by atoms with Crippen LogP contribution in [0.1, 0.15) is 70.7 Å². The van der Waals surface area contributed by atoms with Gasteiger partial charge in [0.2, 0.25) is 5.91 Å². The van der Waals surface area contributed by atoms with Gasteiger partial charge in [-0.15, -0.1) is 0 Å². The average Bonchev–Trinajstić information content (AvgIpc) is 3.92. The summed E-state index contributed by atoms with van der Waals surface area (Å²) in [5, 5.41) is 14.8. The van der Waals surface area contributed by atoms with Crippen molar-refractivity contribution < 1.29 is 24.2 Å². The Bertz CT molecular complexity index is 2080. The highest BCUT2D eigenvalue weighted by atomic mass is 16.6. The van der Waals surface area contributed by atoms with Gasteiger partial charge in [-0.05, 0) is 85.5 Å². The van der Waals surface area contributed by atoms with E-state index in [1.165, 1.54) is 11.8 Å². The number of carboxylic acid groups (broad SMARTS) is 1. The number of nitrogens with one attached hydrogen (secondary N) is 3. The van der Waals surface area contributed by atoms with E-state index in [4.69, 9.17) is 4.74 Å². The number of hydrogen-bond donors (Lipinski definition) is 4. The molecule has 5 aromatic rings. The van der Waals surface area contributed by atoms with Crippen molar-refractivity contribution in [2.45, 2.75) is 64.6 Å². The van der Waals surface area contributed by atoms with Gasteiger partial charge in [0.05, 0.1) is 35.9 Å². The zero-order valence-electron chi connectivity index (χ0n) is 29.3. The van der Waals surface area contributed by atoms with Crippen molar-refractivity contribution >= 4 is 28.9 Å². The minimum atomic E-state index is -0.998. The number of carbonyl (C=O) groups is 3. The standard InChI is InChI=1S/C39H43N7O5/c1-23(47)40-19-24-16-34(46(22-24)37(48)49)36-42-20-31(43-36)26-9-7-25(8-10-26)27-11-12-29-18-30(14-13-28(29)17-27)32-21-41-35(44-32)33-6-5-15-45(33)38(50)51-39(2,3)4/h7-14,17-18,20-21,24,33-34H,5-6,15-16,19,22H2,1-4H3,(H,40,47)(H,41,44)(H,42,43)(H,48,49). The number of amides is 3. The van der Waals surface area contributed by atoms with Crippen molar-refractivity contribution in [2.24, 2.45) is 5.92 Å². The molecule has 0 aliphatic carbocycles. The summed E-state index contributed by atoms with van der Waals surface area (Å²) >= 11 is 0. The number of benzene rings is 3. The fraction of sp³-hybridized carbons (Fsp3) is 0.359. The maximum atomic E-state index is 12.8. The first-order chi connectivity index (χ1) is 24.4. The number of hydrogen-bond acceptors (Lipinski definition) is 6. The second kappa shape index (κ2) is 13.6. The van der Waals surface area contributed by atoms with E-state index in [0.29, 0.717) is 31.9 Å². The SMILES string of the molecule is CC(=O)NCC1CC(c2ncc(-c3ccc(-c4ccc5cc(-c6cnc(C7CCCN7C(=O)OC(C)(C)C)[nH]6)ccc5c4)cc3)[nH]2)N(C(=O)O)C1. The second-order valence-electron chi connectivity index (χ2n) is 14.5. The number of aromatic amines is 2. The number of likely N-dealkylation sites (tertiary alicyclic amines) is 2. The van der Waals surface area contributed by atoms with Gasteiger partial charge in [0.15, 0.2) is 0 Å². The van der Waals surface area contributed by atoms with Gasteiger partial charge in [-0.1, -0.05) is 48.5 Å². The molecular formula is C39H43N7O5. The molecule has 0 spiro atoms. The lowest BCUT2D eigenvalue weighted by Crippen LogP contribution is -2.36. The fourth-order valence-electron chi connectivity index (χ4n) is 7.16. The molecule has 2 aliphatic heterocycles. The van der Waals surface area contributed by atoms with Crippen LogP contribution in [0.3, 0.4) is 0 Å². The third-order valence-corrected chi connectivity index (χ3v) is 9.66. The number of aromatic nitrogens is 4. The molecule has 12 nitrogen and oxygen atoms in total. The zero-order chi connectivity index (χ0) is 35.9. The average molecular weight is 690 g/mol. The Hall–Kier alpha value is -5.65. The highest BCUT2D eigenvalue weighted by Crippen LogP contribution is 2.36. The maximum absolute atomic E-state index is 12.8. The summed E-state index contributed by atoms with van der Waals surface area (Å²) in [5.41, 5.74) is 5.29. The quantitative estimate of drug-likeness (QED) is 0.138. The number of nitrogens with zero attached hydrogens (tertiary/aromatic N) is 4. The number of ether oxygens (including phenoxy) is 1. The van der Waals surface area contributed by atoms with Gasteiger partial charge in [-0.25, -0.2) is 19.6 Å². The van der Waals surface area contributed by atoms with Gasteiger partial charge in [0.25, 0.3) is 0 Å². The van der Waals surface area contributed by atoms with E-state index in [1.807, 2.05) is 39.1 Å². The van der Waals surface area contributed by atoms with E-state index in [1.54, 1.807) is 11.1 Å². The predicted octanol–water partition coefficient (Wildman–Crippen LogP) is 7.54. The van der Waals surface area contributed by atoms with Crippen molar-refractivity contribution in [1.29, 1.82) is 0 Å². The van der Waals surface area contributed by atoms with Gasteiger partial charge >= 0.3 is 12.2 Å². The molecule has 3 unspecified atom stereocenters. The third-order valence-electron chi connectivity index (χ3n) is 9.66. The lowest BCUT2D eigenvalue weighted by molar-refractivity contribution is -0.119. The van der Waals surface area contributed by atoms with E-state index < -0.39 is 17.7 Å². The van der Waals surface area contributed by atoms with Crippen LogP contribution in [0.5, 0.6) is 0 Å². The molecule has 7 rings (SSSR count). The number of rotatable bonds is 7. The summed E-state index contributed by atoms with van der Waals surface area (Å²) in [6.07, 6.45) is 4.60. The number of imidazole rings is 2. The molecule has 264 valence electrons. The number of carbonyl (C=O) groups excluding carboxylic acids is 2. The molecule has 3 atom stereocenters. The first kappa shape index (κ1) is 33.8. The van der Waals surface area contributed by atoms with Crippen LogP contribution in [0.15, 0.2) is 73.1 Å². The van der Waals surface area contributed by atoms with Gasteiger partial charge in [0, 0.05) is 32.1 Å². The van der Waals surface area contributed by atoms with Crippen LogP contribution in [0.4, 0.5) is 9.59 Å². The fourth-order valence-corrected chi connectivity index (χ4v) is 7.16. The molecule has 2 fully saturated rings. The van der Waals surface area contributed by atoms with Crippen molar-refractivity contribution in [1.82, 2.24) is 35.1 Å². The van der Waals surface area contributed by atoms with Crippen LogP contribution in [0.2, 0.25) is 0 Å². The minimum absolute atomic E-state index is 0.0232. The molecule has 3 aromatic carbocycles. The van der Waals surface area contributed by atoms with Crippen LogP contribution < -0.4 is 5.32 Å². The Morgan fingerprint density at radius 2 is 1.43 bits per heavy atom. The monoisotopic (exact) mass is 689 g/mol. The minimum Gasteiger partial charge on any atom is -0.465 e. The maximum Gasteiger partial charge on any atom is 0.410 e. The van der Waals surface area contributed by atoms with Crippen LogP contribution in [0.25, 0.3) is 44.4 Å². The molecule has 4 heterocycles. The Kier molecular flexibility index (Phi) is 9.01. The molecule has 0 radical (unpaired) electrons. The van der Waals surface area contributed by atoms with Crippen molar-refractivity contribution in [2.75, 3.05) is 19.6 Å². The first-order valence-corrected chi connectivity index (χ1v) is 17.4. The van der Waals surface area contributed by atoms with Crippen LogP contribution in [0, 0.1) is 5.92 Å². The highest BCUT2D eigenvalue weighted by molar-refractivity contribution is 5.90. The van der Waals surface area contributed by atoms with Gasteiger partial charge in [-0.2, -0.15) is 0 Å². The third kappa shape index (κ3) is 7.30. The Morgan fingerprint density at radius 1 is 0.843 bits per heavy atom. The van der Waals surface area contributed by atoms with Gasteiger partial charge < -0.3 is 25.1 Å². The zero-order valence-corrected chi connectivity index (χ0v) is 29.3. The molecule has 0 saturated carbocycles. The molecule has 2 aliphatic rings. The van der Waals surface area contributed by atoms with E-state index in [2.05, 4.69) is 73.8 Å².